The Kier molecular flexibility index (Phi) is 4.39. The van der Waals surface area contributed by atoms with Crippen LogP contribution < -0.4 is 0 Å². The Labute approximate surface area is 137 Å². The molecule has 1 aromatic heterocycles. The summed E-state index contributed by atoms with van der Waals surface area (Å²) in [6, 6.07) is 5.96. The number of carbonyl (C=O) groups excluding carboxylic acids is 1. The number of pyridine rings is 1. The van der Waals surface area contributed by atoms with Gasteiger partial charge in [0.2, 0.25) is 0 Å². The summed E-state index contributed by atoms with van der Waals surface area (Å²) < 4.78 is 11.2. The molecular weight excluding hydrogens is 292 g/mol. The molecule has 3 rings (SSSR count). The Morgan fingerprint density at radius 2 is 2.22 bits per heavy atom. The fraction of sp³-hybridized carbons (Fsp3) is 0.556. The number of morpholine rings is 1. The maximum absolute atomic E-state index is 12.5. The number of carbonyl (C=O) groups is 1. The number of fused-ring (bicyclic) bond motifs is 2. The predicted octanol–water partition coefficient (Wildman–Crippen LogP) is 2.96. The quantitative estimate of drug-likeness (QED) is 0.787. The molecule has 2 aliphatic rings. The average Bonchev–Trinajstić information content (AvgIpc) is 2.45. The highest BCUT2D eigenvalue weighted by Crippen LogP contribution is 2.30. The van der Waals surface area contributed by atoms with Gasteiger partial charge in [-0.2, -0.15) is 0 Å². The van der Waals surface area contributed by atoms with Crippen LogP contribution in [0.4, 0.5) is 4.79 Å². The van der Waals surface area contributed by atoms with Gasteiger partial charge in [0.15, 0.2) is 0 Å². The number of hydrogen-bond acceptors (Lipinski definition) is 4. The lowest BCUT2D eigenvalue weighted by Gasteiger charge is -2.44. The molecule has 2 aliphatic heterocycles. The number of aromatic nitrogens is 1. The Hall–Kier alpha value is -1.88. The Balaban J connectivity index is 1.75. The van der Waals surface area contributed by atoms with Crippen LogP contribution in [0.1, 0.15) is 32.9 Å². The summed E-state index contributed by atoms with van der Waals surface area (Å²) in [7, 11) is 0. The van der Waals surface area contributed by atoms with E-state index in [0.717, 1.165) is 18.5 Å². The second-order valence-corrected chi connectivity index (χ2v) is 7.17. The zero-order valence-electron chi connectivity index (χ0n) is 14.0. The van der Waals surface area contributed by atoms with Crippen LogP contribution in [0.15, 0.2) is 36.0 Å². The van der Waals surface area contributed by atoms with Gasteiger partial charge in [0.1, 0.15) is 5.60 Å². The molecule has 1 saturated heterocycles. The van der Waals surface area contributed by atoms with Gasteiger partial charge >= 0.3 is 6.09 Å². The largest absolute Gasteiger partial charge is 0.444 e. The van der Waals surface area contributed by atoms with Crippen molar-refractivity contribution in [2.75, 3.05) is 13.2 Å². The first kappa shape index (κ1) is 16.0. The van der Waals surface area contributed by atoms with Gasteiger partial charge in [0, 0.05) is 18.3 Å². The van der Waals surface area contributed by atoms with E-state index < -0.39 is 5.60 Å². The molecule has 2 atom stereocenters. The van der Waals surface area contributed by atoms with Crippen LogP contribution in [-0.2, 0) is 15.9 Å². The van der Waals surface area contributed by atoms with Gasteiger partial charge in [0.05, 0.1) is 25.3 Å². The lowest BCUT2D eigenvalue weighted by Crippen LogP contribution is -2.57. The van der Waals surface area contributed by atoms with Gasteiger partial charge in [-0.05, 0) is 39.3 Å². The predicted molar refractivity (Wildman–Crippen MR) is 87.1 cm³/mol. The van der Waals surface area contributed by atoms with E-state index in [9.17, 15) is 4.79 Å². The van der Waals surface area contributed by atoms with Crippen molar-refractivity contribution in [3.8, 4) is 0 Å². The third kappa shape index (κ3) is 3.91. The van der Waals surface area contributed by atoms with E-state index in [2.05, 4.69) is 11.1 Å². The maximum atomic E-state index is 12.5. The molecule has 0 aromatic carbocycles. The monoisotopic (exact) mass is 316 g/mol. The van der Waals surface area contributed by atoms with Crippen LogP contribution in [0.2, 0.25) is 0 Å². The second-order valence-electron chi connectivity index (χ2n) is 7.17. The minimum Gasteiger partial charge on any atom is -0.444 e. The summed E-state index contributed by atoms with van der Waals surface area (Å²) in [5.74, 6) is 0. The highest BCUT2D eigenvalue weighted by molar-refractivity contribution is 5.70. The number of rotatable bonds is 2. The van der Waals surface area contributed by atoms with E-state index in [1.54, 1.807) is 0 Å². The smallest absolute Gasteiger partial charge is 0.411 e. The van der Waals surface area contributed by atoms with Crippen molar-refractivity contribution < 1.29 is 14.3 Å². The minimum absolute atomic E-state index is 0.0453. The van der Waals surface area contributed by atoms with E-state index in [-0.39, 0.29) is 18.2 Å². The highest BCUT2D eigenvalue weighted by Gasteiger charge is 2.39. The minimum atomic E-state index is -0.482. The molecule has 0 N–H and O–H groups in total. The Morgan fingerprint density at radius 1 is 1.39 bits per heavy atom. The molecule has 0 spiro atoms. The van der Waals surface area contributed by atoms with Gasteiger partial charge in [-0.15, -0.1) is 0 Å². The number of nitrogens with zero attached hydrogens (tertiary/aromatic N) is 2. The highest BCUT2D eigenvalue weighted by atomic mass is 16.6. The fourth-order valence-corrected chi connectivity index (χ4v) is 3.15. The van der Waals surface area contributed by atoms with Gasteiger partial charge < -0.3 is 9.47 Å². The normalized spacial score (nSPS) is 24.1. The third-order valence-corrected chi connectivity index (χ3v) is 4.01. The SMILES string of the molecule is CC(C)(C)OC(=O)N1C2C=C(Cc3ccccn3)CC1COC2. The zero-order valence-corrected chi connectivity index (χ0v) is 14.0. The standard InChI is InChI=1S/C18H24N2O3/c1-18(2,3)23-17(21)20-15-9-13(10-16(20)12-22-11-15)8-14-6-4-5-7-19-14/h4-7,9,15-16H,8,10-12H2,1-3H3. The van der Waals surface area contributed by atoms with Crippen molar-refractivity contribution in [1.82, 2.24) is 9.88 Å². The topological polar surface area (TPSA) is 51.7 Å². The molecule has 2 bridgehead atoms. The first-order valence-corrected chi connectivity index (χ1v) is 8.11. The summed E-state index contributed by atoms with van der Waals surface area (Å²) >= 11 is 0. The van der Waals surface area contributed by atoms with E-state index in [0.29, 0.717) is 13.2 Å². The second kappa shape index (κ2) is 6.32. The molecule has 5 heteroatoms. The van der Waals surface area contributed by atoms with E-state index in [4.69, 9.17) is 9.47 Å². The number of amides is 1. The molecule has 1 fully saturated rings. The van der Waals surface area contributed by atoms with Crippen molar-refractivity contribution in [1.29, 1.82) is 0 Å². The van der Waals surface area contributed by atoms with Crippen molar-refractivity contribution in [2.24, 2.45) is 0 Å². The summed E-state index contributed by atoms with van der Waals surface area (Å²) in [5.41, 5.74) is 1.90. The lowest BCUT2D eigenvalue weighted by atomic mass is 9.92. The van der Waals surface area contributed by atoms with Crippen molar-refractivity contribution in [3.05, 3.63) is 41.7 Å². The van der Waals surface area contributed by atoms with Gasteiger partial charge in [-0.1, -0.05) is 17.7 Å². The first-order valence-electron chi connectivity index (χ1n) is 8.11. The van der Waals surface area contributed by atoms with Crippen LogP contribution in [0.5, 0.6) is 0 Å². The summed E-state index contributed by atoms with van der Waals surface area (Å²) in [6.45, 7) is 6.77. The van der Waals surface area contributed by atoms with E-state index >= 15 is 0 Å². The van der Waals surface area contributed by atoms with Crippen molar-refractivity contribution >= 4 is 6.09 Å². The summed E-state index contributed by atoms with van der Waals surface area (Å²) in [6.07, 6.45) is 5.36. The lowest BCUT2D eigenvalue weighted by molar-refractivity contribution is -0.0536. The van der Waals surface area contributed by atoms with Crippen molar-refractivity contribution in [3.63, 3.8) is 0 Å². The average molecular weight is 316 g/mol. The zero-order chi connectivity index (χ0) is 16.4. The fourth-order valence-electron chi connectivity index (χ4n) is 3.15. The van der Waals surface area contributed by atoms with Gasteiger partial charge in [-0.25, -0.2) is 4.79 Å². The Morgan fingerprint density at radius 3 is 2.87 bits per heavy atom. The molecule has 2 unspecified atom stereocenters. The molecule has 1 amide bonds. The van der Waals surface area contributed by atoms with Crippen LogP contribution in [0.25, 0.3) is 0 Å². The summed E-state index contributed by atoms with van der Waals surface area (Å²) in [4.78, 5) is 18.7. The van der Waals surface area contributed by atoms with Crippen LogP contribution in [0.3, 0.4) is 0 Å². The molecule has 0 saturated carbocycles. The van der Waals surface area contributed by atoms with E-state index in [1.807, 2.05) is 50.1 Å². The van der Waals surface area contributed by atoms with Crippen molar-refractivity contribution in [2.45, 2.75) is 51.3 Å². The molecule has 0 aliphatic carbocycles. The molecule has 23 heavy (non-hydrogen) atoms. The van der Waals surface area contributed by atoms with Crippen LogP contribution in [-0.4, -0.2) is 46.9 Å². The number of ether oxygens (including phenoxy) is 2. The third-order valence-electron chi connectivity index (χ3n) is 4.01. The molecule has 124 valence electrons. The molecule has 1 aromatic rings. The van der Waals surface area contributed by atoms with Gasteiger partial charge in [0.25, 0.3) is 0 Å². The van der Waals surface area contributed by atoms with E-state index in [1.165, 1.54) is 5.57 Å². The summed E-state index contributed by atoms with van der Waals surface area (Å²) in [5, 5.41) is 0. The molecule has 5 nitrogen and oxygen atoms in total. The van der Waals surface area contributed by atoms with Gasteiger partial charge in [-0.3, -0.25) is 9.88 Å². The van der Waals surface area contributed by atoms with Crippen LogP contribution >= 0.6 is 0 Å². The Bertz CT molecular complexity index is 592. The maximum Gasteiger partial charge on any atom is 0.411 e. The first-order chi connectivity index (χ1) is 10.9. The molecule has 3 heterocycles. The number of hydrogen-bond donors (Lipinski definition) is 0. The molecule has 0 radical (unpaired) electrons. The molecular formula is C18H24N2O3. The van der Waals surface area contributed by atoms with Crippen LogP contribution in [0, 0.1) is 0 Å².